The van der Waals surface area contributed by atoms with Crippen LogP contribution in [0, 0.1) is 5.92 Å². The van der Waals surface area contributed by atoms with Gasteiger partial charge in [0.05, 0.1) is 29.5 Å². The van der Waals surface area contributed by atoms with E-state index in [0.29, 0.717) is 29.8 Å². The molecular formula is C19H25N3O3. The minimum Gasteiger partial charge on any atom is -0.377 e. The average molecular weight is 343 g/mol. The van der Waals surface area contributed by atoms with Crippen molar-refractivity contribution in [1.82, 2.24) is 14.9 Å². The van der Waals surface area contributed by atoms with Gasteiger partial charge >= 0.3 is 0 Å². The highest BCUT2D eigenvalue weighted by Crippen LogP contribution is 2.25. The topological polar surface area (TPSA) is 75.3 Å². The molecule has 25 heavy (non-hydrogen) atoms. The number of para-hydroxylation sites is 1. The van der Waals surface area contributed by atoms with Gasteiger partial charge in [0, 0.05) is 13.2 Å². The lowest BCUT2D eigenvalue weighted by Crippen LogP contribution is -2.43. The second kappa shape index (κ2) is 7.78. The Hall–Kier alpha value is -2.21. The number of ether oxygens (including phenoxy) is 1. The molecule has 1 aromatic carbocycles. The van der Waals surface area contributed by atoms with Crippen LogP contribution in [-0.4, -0.2) is 40.0 Å². The van der Waals surface area contributed by atoms with E-state index in [1.807, 2.05) is 25.1 Å². The van der Waals surface area contributed by atoms with E-state index in [2.05, 4.69) is 16.9 Å². The normalized spacial score (nSPS) is 20.6. The number of hydrogen-bond donors (Lipinski definition) is 1. The Morgan fingerprint density at radius 1 is 1.36 bits per heavy atom. The van der Waals surface area contributed by atoms with Gasteiger partial charge in [-0.25, -0.2) is 4.98 Å². The summed E-state index contributed by atoms with van der Waals surface area (Å²) in [7, 11) is 0. The highest BCUT2D eigenvalue weighted by atomic mass is 16.5. The average Bonchev–Trinajstić information content (AvgIpc) is 2.65. The first-order valence-electron chi connectivity index (χ1n) is 9.02. The molecule has 0 spiro atoms. The maximum atomic E-state index is 13.0. The maximum Gasteiger partial charge on any atom is 0.258 e. The van der Waals surface area contributed by atoms with E-state index < -0.39 is 0 Å². The number of H-pyrrole nitrogens is 1. The number of hydrogen-bond acceptors (Lipinski definition) is 4. The van der Waals surface area contributed by atoms with E-state index in [0.717, 1.165) is 25.9 Å². The number of benzene rings is 1. The molecule has 1 saturated heterocycles. The van der Waals surface area contributed by atoms with E-state index in [1.165, 1.54) is 0 Å². The number of carbonyl (C=O) groups excluding carboxylic acids is 1. The summed E-state index contributed by atoms with van der Waals surface area (Å²) in [4.78, 5) is 34.3. The van der Waals surface area contributed by atoms with E-state index in [-0.39, 0.29) is 23.5 Å². The highest BCUT2D eigenvalue weighted by molar-refractivity contribution is 5.80. The molecule has 6 heteroatoms. The first kappa shape index (κ1) is 17.6. The summed E-state index contributed by atoms with van der Waals surface area (Å²) in [6.07, 6.45) is 2.59. The number of nitrogens with zero attached hydrogens (tertiary/aromatic N) is 2. The van der Waals surface area contributed by atoms with Gasteiger partial charge in [0.1, 0.15) is 5.82 Å². The van der Waals surface area contributed by atoms with Crippen LogP contribution in [0.2, 0.25) is 0 Å². The van der Waals surface area contributed by atoms with Gasteiger partial charge in [-0.15, -0.1) is 0 Å². The molecule has 134 valence electrons. The standard InChI is InChI=1S/C19H25N3O3/c1-3-16-14(9-7-11-25-16)19(24)22(4-2)12-17-20-15-10-6-5-8-13(15)18(23)21-17/h5-6,8,10,14,16H,3-4,7,9,11-12H2,1-2H3,(H,20,21,23). The third-order valence-electron chi connectivity index (χ3n) is 4.86. The Balaban J connectivity index is 1.82. The number of rotatable bonds is 5. The number of amides is 1. The summed E-state index contributed by atoms with van der Waals surface area (Å²) in [6.45, 7) is 5.61. The predicted molar refractivity (Wildman–Crippen MR) is 96.2 cm³/mol. The number of aromatic amines is 1. The molecule has 2 atom stereocenters. The van der Waals surface area contributed by atoms with E-state index in [1.54, 1.807) is 11.0 Å². The molecule has 2 aromatic rings. The molecule has 0 bridgehead atoms. The molecule has 0 radical (unpaired) electrons. The minimum absolute atomic E-state index is 0.0149. The Morgan fingerprint density at radius 2 is 2.16 bits per heavy atom. The van der Waals surface area contributed by atoms with Crippen LogP contribution in [-0.2, 0) is 16.1 Å². The van der Waals surface area contributed by atoms with Crippen molar-refractivity contribution >= 4 is 16.8 Å². The van der Waals surface area contributed by atoms with Crippen LogP contribution >= 0.6 is 0 Å². The zero-order valence-corrected chi connectivity index (χ0v) is 14.8. The van der Waals surface area contributed by atoms with Crippen LogP contribution in [0.15, 0.2) is 29.1 Å². The molecule has 6 nitrogen and oxygen atoms in total. The maximum absolute atomic E-state index is 13.0. The largest absolute Gasteiger partial charge is 0.377 e. The first-order chi connectivity index (χ1) is 12.1. The Bertz CT molecular complexity index is 802. The molecule has 1 N–H and O–H groups in total. The summed E-state index contributed by atoms with van der Waals surface area (Å²) < 4.78 is 5.76. The second-order valence-corrected chi connectivity index (χ2v) is 6.45. The number of carbonyl (C=O) groups is 1. The lowest BCUT2D eigenvalue weighted by Gasteiger charge is -2.33. The molecule has 1 aliphatic rings. The summed E-state index contributed by atoms with van der Waals surface area (Å²) in [5.41, 5.74) is 0.480. The lowest BCUT2D eigenvalue weighted by atomic mass is 9.91. The monoisotopic (exact) mass is 343 g/mol. The van der Waals surface area contributed by atoms with Gasteiger partial charge < -0.3 is 14.6 Å². The van der Waals surface area contributed by atoms with E-state index >= 15 is 0 Å². The van der Waals surface area contributed by atoms with Crippen molar-refractivity contribution in [3.05, 3.63) is 40.4 Å². The van der Waals surface area contributed by atoms with Crippen molar-refractivity contribution in [3.8, 4) is 0 Å². The minimum atomic E-state index is -0.170. The van der Waals surface area contributed by atoms with E-state index in [9.17, 15) is 9.59 Å². The molecule has 0 aliphatic carbocycles. The van der Waals surface area contributed by atoms with Crippen molar-refractivity contribution < 1.29 is 9.53 Å². The fraction of sp³-hybridized carbons (Fsp3) is 0.526. The van der Waals surface area contributed by atoms with Crippen LogP contribution < -0.4 is 5.56 Å². The van der Waals surface area contributed by atoms with Crippen molar-refractivity contribution in [2.24, 2.45) is 5.92 Å². The smallest absolute Gasteiger partial charge is 0.258 e. The molecule has 1 aliphatic heterocycles. The summed E-state index contributed by atoms with van der Waals surface area (Å²) in [6, 6.07) is 7.23. The van der Waals surface area contributed by atoms with Gasteiger partial charge in [0.2, 0.25) is 5.91 Å². The third-order valence-corrected chi connectivity index (χ3v) is 4.86. The van der Waals surface area contributed by atoms with Crippen LogP contribution in [0.1, 0.15) is 38.9 Å². The molecular weight excluding hydrogens is 318 g/mol. The predicted octanol–water partition coefficient (Wildman–Crippen LogP) is 2.48. The lowest BCUT2D eigenvalue weighted by molar-refractivity contribution is -0.145. The van der Waals surface area contributed by atoms with Crippen molar-refractivity contribution in [1.29, 1.82) is 0 Å². The van der Waals surface area contributed by atoms with E-state index in [4.69, 9.17) is 4.74 Å². The number of aromatic nitrogens is 2. The number of nitrogens with one attached hydrogen (secondary N) is 1. The SMILES string of the molecule is CCC1OCCCC1C(=O)N(CC)Cc1nc2ccccc2c(=O)[nH]1. The van der Waals surface area contributed by atoms with Crippen LogP contribution in [0.25, 0.3) is 10.9 Å². The van der Waals surface area contributed by atoms with Gasteiger partial charge in [-0.2, -0.15) is 0 Å². The third kappa shape index (κ3) is 3.74. The van der Waals surface area contributed by atoms with Crippen molar-refractivity contribution in [3.63, 3.8) is 0 Å². The molecule has 1 fully saturated rings. The molecule has 3 rings (SSSR count). The summed E-state index contributed by atoms with van der Waals surface area (Å²) in [5.74, 6) is 0.499. The van der Waals surface area contributed by atoms with Gasteiger partial charge in [-0.3, -0.25) is 9.59 Å². The first-order valence-corrected chi connectivity index (χ1v) is 9.02. The second-order valence-electron chi connectivity index (χ2n) is 6.45. The van der Waals surface area contributed by atoms with Gasteiger partial charge in [0.15, 0.2) is 0 Å². The van der Waals surface area contributed by atoms with Crippen molar-refractivity contribution in [2.45, 2.75) is 45.8 Å². The molecule has 2 unspecified atom stereocenters. The van der Waals surface area contributed by atoms with Crippen LogP contribution in [0.4, 0.5) is 0 Å². The Kier molecular flexibility index (Phi) is 5.48. The molecule has 2 heterocycles. The molecule has 0 saturated carbocycles. The summed E-state index contributed by atoms with van der Waals surface area (Å²) >= 11 is 0. The van der Waals surface area contributed by atoms with Gasteiger partial charge in [0.25, 0.3) is 5.56 Å². The molecule has 1 amide bonds. The zero-order chi connectivity index (χ0) is 17.8. The summed E-state index contributed by atoms with van der Waals surface area (Å²) in [5, 5.41) is 0.562. The van der Waals surface area contributed by atoms with Gasteiger partial charge in [-0.05, 0) is 38.3 Å². The quantitative estimate of drug-likeness (QED) is 0.905. The van der Waals surface area contributed by atoms with Crippen LogP contribution in [0.3, 0.4) is 0 Å². The van der Waals surface area contributed by atoms with Crippen LogP contribution in [0.5, 0.6) is 0 Å². The fourth-order valence-corrected chi connectivity index (χ4v) is 3.50. The zero-order valence-electron chi connectivity index (χ0n) is 14.8. The Labute approximate surface area is 147 Å². The Morgan fingerprint density at radius 3 is 2.92 bits per heavy atom. The molecule has 1 aromatic heterocycles. The van der Waals surface area contributed by atoms with Gasteiger partial charge in [-0.1, -0.05) is 19.1 Å². The number of fused-ring (bicyclic) bond motifs is 1. The highest BCUT2D eigenvalue weighted by Gasteiger charge is 2.33. The van der Waals surface area contributed by atoms with Crippen molar-refractivity contribution in [2.75, 3.05) is 13.2 Å². The fourth-order valence-electron chi connectivity index (χ4n) is 3.50.